The van der Waals surface area contributed by atoms with Crippen LogP contribution in [0.4, 0.5) is 4.39 Å². The molecule has 2 aromatic rings. The summed E-state index contributed by atoms with van der Waals surface area (Å²) < 4.78 is 19.3. The number of nitrogens with zero attached hydrogens (tertiary/aromatic N) is 2. The number of carbonyl (C=O) groups is 1. The van der Waals surface area contributed by atoms with Gasteiger partial charge in [0.15, 0.2) is 0 Å². The molecule has 0 bridgehead atoms. The second kappa shape index (κ2) is 10.7. The SMILES string of the molecule is CC(C)COc1ccc(CC(=O)N(Cc2ccc(F)cc2)C2CCCC3CN(C)CC32)cc1. The highest BCUT2D eigenvalue weighted by Gasteiger charge is 2.42. The van der Waals surface area contributed by atoms with E-state index in [1.165, 1.54) is 18.6 Å². The molecule has 1 saturated carbocycles. The zero-order valence-electron chi connectivity index (χ0n) is 20.2. The molecule has 1 amide bonds. The number of ether oxygens (including phenoxy) is 1. The number of likely N-dealkylation sites (tertiary alicyclic amines) is 1. The van der Waals surface area contributed by atoms with Crippen LogP contribution in [0.25, 0.3) is 0 Å². The molecule has 2 aromatic carbocycles. The molecule has 5 heteroatoms. The topological polar surface area (TPSA) is 32.8 Å². The van der Waals surface area contributed by atoms with E-state index in [0.29, 0.717) is 37.3 Å². The minimum Gasteiger partial charge on any atom is -0.493 e. The van der Waals surface area contributed by atoms with Gasteiger partial charge in [-0.2, -0.15) is 0 Å². The Bertz CT molecular complexity index is 912. The van der Waals surface area contributed by atoms with E-state index in [-0.39, 0.29) is 17.8 Å². The molecule has 1 heterocycles. The zero-order valence-corrected chi connectivity index (χ0v) is 20.2. The maximum Gasteiger partial charge on any atom is 0.227 e. The summed E-state index contributed by atoms with van der Waals surface area (Å²) in [6.45, 7) is 7.64. The molecule has 2 fully saturated rings. The van der Waals surface area contributed by atoms with Gasteiger partial charge in [-0.25, -0.2) is 4.39 Å². The first-order valence-electron chi connectivity index (χ1n) is 12.3. The standard InChI is InChI=1S/C28H37FN2O2/c1-20(2)19-33-25-13-9-21(10-14-25)15-28(32)31(16-22-7-11-24(29)12-8-22)27-6-4-5-23-17-30(3)18-26(23)27/h7-14,20,23,26-27H,4-6,15-19H2,1-3H3. The van der Waals surface area contributed by atoms with Crippen LogP contribution in [0.15, 0.2) is 48.5 Å². The molecule has 33 heavy (non-hydrogen) atoms. The largest absolute Gasteiger partial charge is 0.493 e. The van der Waals surface area contributed by atoms with Gasteiger partial charge in [0.05, 0.1) is 13.0 Å². The van der Waals surface area contributed by atoms with E-state index >= 15 is 0 Å². The Balaban J connectivity index is 1.51. The zero-order chi connectivity index (χ0) is 23.4. The maximum atomic E-state index is 13.7. The van der Waals surface area contributed by atoms with Crippen LogP contribution < -0.4 is 4.74 Å². The van der Waals surface area contributed by atoms with Crippen LogP contribution in [-0.2, 0) is 17.8 Å². The molecule has 3 unspecified atom stereocenters. The molecule has 178 valence electrons. The van der Waals surface area contributed by atoms with Gasteiger partial charge in [0.2, 0.25) is 5.91 Å². The summed E-state index contributed by atoms with van der Waals surface area (Å²) in [7, 11) is 2.18. The fraction of sp³-hybridized carbons (Fsp3) is 0.536. The first kappa shape index (κ1) is 23.7. The van der Waals surface area contributed by atoms with E-state index in [9.17, 15) is 9.18 Å². The Morgan fingerprint density at radius 1 is 1.06 bits per heavy atom. The molecule has 1 aliphatic heterocycles. The van der Waals surface area contributed by atoms with Gasteiger partial charge in [0.1, 0.15) is 11.6 Å². The van der Waals surface area contributed by atoms with Crippen LogP contribution in [-0.4, -0.2) is 48.5 Å². The highest BCUT2D eigenvalue weighted by atomic mass is 19.1. The molecule has 0 N–H and O–H groups in total. The predicted molar refractivity (Wildman–Crippen MR) is 130 cm³/mol. The summed E-state index contributed by atoms with van der Waals surface area (Å²) in [5.41, 5.74) is 1.98. The lowest BCUT2D eigenvalue weighted by molar-refractivity contribution is -0.136. The maximum absolute atomic E-state index is 13.7. The van der Waals surface area contributed by atoms with Crippen molar-refractivity contribution in [3.05, 3.63) is 65.5 Å². The van der Waals surface area contributed by atoms with Crippen molar-refractivity contribution in [1.29, 1.82) is 0 Å². The molecule has 1 aliphatic carbocycles. The summed E-state index contributed by atoms with van der Waals surface area (Å²) in [5.74, 6) is 2.39. The molecule has 2 aliphatic rings. The van der Waals surface area contributed by atoms with Gasteiger partial charge in [-0.05, 0) is 73.0 Å². The number of halogens is 1. The van der Waals surface area contributed by atoms with Crippen LogP contribution in [0.3, 0.4) is 0 Å². The number of rotatable bonds is 8. The van der Waals surface area contributed by atoms with Crippen LogP contribution in [0.5, 0.6) is 5.75 Å². The van der Waals surface area contributed by atoms with Crippen LogP contribution in [0.2, 0.25) is 0 Å². The smallest absolute Gasteiger partial charge is 0.227 e. The summed E-state index contributed by atoms with van der Waals surface area (Å²) in [5, 5.41) is 0. The second-order valence-corrected chi connectivity index (χ2v) is 10.3. The monoisotopic (exact) mass is 452 g/mol. The first-order chi connectivity index (χ1) is 15.9. The normalized spacial score (nSPS) is 22.9. The number of amides is 1. The second-order valence-electron chi connectivity index (χ2n) is 10.3. The minimum atomic E-state index is -0.244. The minimum absolute atomic E-state index is 0.148. The van der Waals surface area contributed by atoms with Crippen LogP contribution in [0, 0.1) is 23.6 Å². The molecule has 0 radical (unpaired) electrons. The van der Waals surface area contributed by atoms with Gasteiger partial charge in [-0.1, -0.05) is 44.5 Å². The van der Waals surface area contributed by atoms with Crippen molar-refractivity contribution in [2.75, 3.05) is 26.7 Å². The van der Waals surface area contributed by atoms with Gasteiger partial charge >= 0.3 is 0 Å². The van der Waals surface area contributed by atoms with Crippen molar-refractivity contribution < 1.29 is 13.9 Å². The number of carbonyl (C=O) groups excluding carboxylic acids is 1. The molecule has 1 saturated heterocycles. The van der Waals surface area contributed by atoms with E-state index in [2.05, 4.69) is 30.7 Å². The van der Waals surface area contributed by atoms with E-state index in [4.69, 9.17) is 4.74 Å². The first-order valence-corrected chi connectivity index (χ1v) is 12.3. The Kier molecular flexibility index (Phi) is 7.69. The number of hydrogen-bond donors (Lipinski definition) is 0. The van der Waals surface area contributed by atoms with E-state index in [1.54, 1.807) is 12.1 Å². The average Bonchev–Trinajstić information content (AvgIpc) is 3.18. The van der Waals surface area contributed by atoms with E-state index in [1.807, 2.05) is 24.3 Å². The predicted octanol–water partition coefficient (Wildman–Crippen LogP) is 5.16. The Morgan fingerprint density at radius 3 is 2.45 bits per heavy atom. The summed E-state index contributed by atoms with van der Waals surface area (Å²) in [4.78, 5) is 18.2. The molecular formula is C28H37FN2O2. The molecular weight excluding hydrogens is 415 g/mol. The summed E-state index contributed by atoms with van der Waals surface area (Å²) in [6.07, 6.45) is 3.83. The van der Waals surface area contributed by atoms with Crippen molar-refractivity contribution in [1.82, 2.24) is 9.80 Å². The van der Waals surface area contributed by atoms with Crippen molar-refractivity contribution in [3.63, 3.8) is 0 Å². The number of hydrogen-bond acceptors (Lipinski definition) is 3. The molecule has 0 aromatic heterocycles. The third-order valence-corrected chi connectivity index (χ3v) is 7.09. The van der Waals surface area contributed by atoms with Crippen LogP contribution >= 0.6 is 0 Å². The lowest BCUT2D eigenvalue weighted by Gasteiger charge is -2.41. The Labute approximate surface area is 197 Å². The van der Waals surface area contributed by atoms with Gasteiger partial charge in [-0.15, -0.1) is 0 Å². The van der Waals surface area contributed by atoms with E-state index in [0.717, 1.165) is 42.8 Å². The molecule has 0 spiro atoms. The summed E-state index contributed by atoms with van der Waals surface area (Å²) >= 11 is 0. The quantitative estimate of drug-likeness (QED) is 0.555. The fourth-order valence-corrected chi connectivity index (χ4v) is 5.47. The summed E-state index contributed by atoms with van der Waals surface area (Å²) in [6, 6.07) is 14.7. The van der Waals surface area contributed by atoms with Crippen molar-refractivity contribution in [2.24, 2.45) is 17.8 Å². The highest BCUT2D eigenvalue weighted by molar-refractivity contribution is 5.79. The number of benzene rings is 2. The lowest BCUT2D eigenvalue weighted by atomic mass is 9.77. The van der Waals surface area contributed by atoms with Gasteiger partial charge in [0, 0.05) is 25.7 Å². The van der Waals surface area contributed by atoms with Crippen molar-refractivity contribution >= 4 is 5.91 Å². The molecule has 4 rings (SSSR count). The third kappa shape index (κ3) is 6.14. The Hall–Kier alpha value is -2.40. The van der Waals surface area contributed by atoms with Crippen molar-refractivity contribution in [2.45, 2.75) is 52.1 Å². The van der Waals surface area contributed by atoms with Crippen LogP contribution in [0.1, 0.15) is 44.2 Å². The average molecular weight is 453 g/mol. The number of fused-ring (bicyclic) bond motifs is 1. The van der Waals surface area contributed by atoms with Crippen molar-refractivity contribution in [3.8, 4) is 5.75 Å². The highest BCUT2D eigenvalue weighted by Crippen LogP contribution is 2.39. The molecule has 4 nitrogen and oxygen atoms in total. The van der Waals surface area contributed by atoms with Gasteiger partial charge in [-0.3, -0.25) is 4.79 Å². The Morgan fingerprint density at radius 2 is 1.76 bits per heavy atom. The van der Waals surface area contributed by atoms with Gasteiger partial charge in [0.25, 0.3) is 0 Å². The van der Waals surface area contributed by atoms with E-state index < -0.39 is 0 Å². The lowest BCUT2D eigenvalue weighted by Crippen LogP contribution is -2.48. The molecule has 3 atom stereocenters. The fourth-order valence-electron chi connectivity index (χ4n) is 5.47. The van der Waals surface area contributed by atoms with Gasteiger partial charge < -0.3 is 14.5 Å². The third-order valence-electron chi connectivity index (χ3n) is 7.09.